The van der Waals surface area contributed by atoms with Crippen molar-refractivity contribution < 1.29 is 9.53 Å². The Balaban J connectivity index is 1.33. The Morgan fingerprint density at radius 2 is 1.91 bits per heavy atom. The van der Waals surface area contributed by atoms with Gasteiger partial charge in [-0.15, -0.1) is 0 Å². The summed E-state index contributed by atoms with van der Waals surface area (Å²) in [5.41, 5.74) is 1.29. The van der Waals surface area contributed by atoms with Crippen molar-refractivity contribution in [1.29, 1.82) is 0 Å². The van der Waals surface area contributed by atoms with Gasteiger partial charge in [0.25, 0.3) is 0 Å². The van der Waals surface area contributed by atoms with Gasteiger partial charge in [-0.1, -0.05) is 30.3 Å². The Kier molecular flexibility index (Phi) is 3.74. The molecule has 1 aromatic heterocycles. The van der Waals surface area contributed by atoms with E-state index >= 15 is 0 Å². The maximum atomic E-state index is 12.6. The minimum Gasteiger partial charge on any atom is -0.488 e. The van der Waals surface area contributed by atoms with E-state index in [4.69, 9.17) is 4.74 Å². The van der Waals surface area contributed by atoms with Crippen molar-refractivity contribution in [3.05, 3.63) is 60.4 Å². The fourth-order valence-electron chi connectivity index (χ4n) is 3.40. The highest BCUT2D eigenvalue weighted by Gasteiger charge is 2.46. The predicted molar refractivity (Wildman–Crippen MR) is 87.1 cm³/mol. The van der Waals surface area contributed by atoms with E-state index in [-0.39, 0.29) is 12.0 Å². The molecule has 1 amide bonds. The van der Waals surface area contributed by atoms with E-state index < -0.39 is 0 Å². The molecule has 23 heavy (non-hydrogen) atoms. The summed E-state index contributed by atoms with van der Waals surface area (Å²) >= 11 is 0. The van der Waals surface area contributed by atoms with Crippen LogP contribution in [0.2, 0.25) is 0 Å². The van der Waals surface area contributed by atoms with E-state index in [1.165, 1.54) is 5.56 Å². The third kappa shape index (κ3) is 3.07. The average Bonchev–Trinajstić information content (AvgIpc) is 3.28. The lowest BCUT2D eigenvalue weighted by Crippen LogP contribution is -2.32. The minimum atomic E-state index is 0.0928. The lowest BCUT2D eigenvalue weighted by atomic mass is 10.1. The molecule has 0 bridgehead atoms. The maximum Gasteiger partial charge on any atom is 0.226 e. The van der Waals surface area contributed by atoms with E-state index in [9.17, 15) is 4.79 Å². The largest absolute Gasteiger partial charge is 0.488 e. The number of nitrogens with zero attached hydrogens (tertiary/aromatic N) is 2. The molecule has 4 rings (SSSR count). The van der Waals surface area contributed by atoms with Crippen LogP contribution in [0.15, 0.2) is 54.9 Å². The molecule has 2 aromatic rings. The van der Waals surface area contributed by atoms with Crippen molar-refractivity contribution in [2.45, 2.75) is 24.9 Å². The maximum absolute atomic E-state index is 12.6. The second kappa shape index (κ2) is 6.03. The smallest absolute Gasteiger partial charge is 0.226 e. The highest BCUT2D eigenvalue weighted by atomic mass is 16.5. The molecule has 1 aliphatic carbocycles. The number of ether oxygens (including phenoxy) is 1. The second-order valence-corrected chi connectivity index (χ2v) is 6.36. The van der Waals surface area contributed by atoms with Crippen molar-refractivity contribution in [2.24, 2.45) is 5.92 Å². The van der Waals surface area contributed by atoms with Gasteiger partial charge in [-0.2, -0.15) is 0 Å². The first-order chi connectivity index (χ1) is 11.3. The van der Waals surface area contributed by atoms with Crippen LogP contribution in [0.1, 0.15) is 24.3 Å². The molecular weight excluding hydrogens is 288 g/mol. The molecule has 4 heteroatoms. The van der Waals surface area contributed by atoms with Gasteiger partial charge in [-0.25, -0.2) is 0 Å². The molecule has 2 heterocycles. The van der Waals surface area contributed by atoms with Gasteiger partial charge in [0, 0.05) is 31.3 Å². The fraction of sp³-hybridized carbons (Fsp3) is 0.368. The molecule has 1 saturated carbocycles. The normalized spacial score (nSPS) is 26.1. The Morgan fingerprint density at radius 1 is 1.13 bits per heavy atom. The fourth-order valence-corrected chi connectivity index (χ4v) is 3.40. The molecule has 2 fully saturated rings. The monoisotopic (exact) mass is 308 g/mol. The van der Waals surface area contributed by atoms with Crippen LogP contribution in [-0.2, 0) is 4.79 Å². The van der Waals surface area contributed by atoms with Gasteiger partial charge in [-0.3, -0.25) is 9.78 Å². The standard InChI is InChI=1S/C19H20N2O2/c22-19(18-12-17(18)14-4-2-1-3-5-14)21-11-8-16(13-21)23-15-6-9-20-10-7-15/h1-7,9-10,16-18H,8,11-13H2/t16-,17-,18-/m1/s1. The van der Waals surface area contributed by atoms with Crippen molar-refractivity contribution in [3.63, 3.8) is 0 Å². The summed E-state index contributed by atoms with van der Waals surface area (Å²) in [5.74, 6) is 1.69. The number of carbonyl (C=O) groups is 1. The number of amides is 1. The lowest BCUT2D eigenvalue weighted by molar-refractivity contribution is -0.131. The molecule has 4 nitrogen and oxygen atoms in total. The summed E-state index contributed by atoms with van der Waals surface area (Å²) in [4.78, 5) is 18.6. The molecule has 1 saturated heterocycles. The van der Waals surface area contributed by atoms with Crippen LogP contribution >= 0.6 is 0 Å². The van der Waals surface area contributed by atoms with Crippen molar-refractivity contribution in [2.75, 3.05) is 13.1 Å². The third-order valence-electron chi connectivity index (χ3n) is 4.74. The molecule has 1 aliphatic heterocycles. The van der Waals surface area contributed by atoms with E-state index in [1.54, 1.807) is 12.4 Å². The number of benzene rings is 1. The SMILES string of the molecule is O=C([C@@H]1C[C@@H]1c1ccccc1)N1CC[C@@H](Oc2ccncc2)C1. The minimum absolute atomic E-state index is 0.0928. The molecule has 1 aromatic carbocycles. The predicted octanol–water partition coefficient (Wildman–Crippen LogP) is 2.87. The number of aromatic nitrogens is 1. The van der Waals surface area contributed by atoms with Gasteiger partial charge in [0.2, 0.25) is 5.91 Å². The van der Waals surface area contributed by atoms with Gasteiger partial charge in [0.15, 0.2) is 0 Å². The number of likely N-dealkylation sites (tertiary alicyclic amines) is 1. The van der Waals surface area contributed by atoms with Crippen LogP contribution in [0.3, 0.4) is 0 Å². The molecule has 118 valence electrons. The number of hydrogen-bond donors (Lipinski definition) is 0. The van der Waals surface area contributed by atoms with Crippen LogP contribution in [-0.4, -0.2) is 35.0 Å². The molecule has 0 unspecified atom stereocenters. The summed E-state index contributed by atoms with van der Waals surface area (Å²) in [6.07, 6.45) is 5.42. The van der Waals surface area contributed by atoms with Crippen LogP contribution in [0.25, 0.3) is 0 Å². The Hall–Kier alpha value is -2.36. The highest BCUT2D eigenvalue weighted by Crippen LogP contribution is 2.48. The quantitative estimate of drug-likeness (QED) is 0.872. The molecule has 2 aliphatic rings. The zero-order valence-corrected chi connectivity index (χ0v) is 13.0. The molecular formula is C19H20N2O2. The van der Waals surface area contributed by atoms with Crippen LogP contribution in [0.5, 0.6) is 5.75 Å². The Morgan fingerprint density at radius 3 is 2.70 bits per heavy atom. The van der Waals surface area contributed by atoms with Crippen LogP contribution in [0.4, 0.5) is 0 Å². The number of pyridine rings is 1. The Bertz CT molecular complexity index is 674. The van der Waals surface area contributed by atoms with Crippen LogP contribution < -0.4 is 4.74 Å². The number of rotatable bonds is 4. The molecule has 0 spiro atoms. The van der Waals surface area contributed by atoms with Gasteiger partial charge >= 0.3 is 0 Å². The van der Waals surface area contributed by atoms with E-state index in [2.05, 4.69) is 17.1 Å². The van der Waals surface area contributed by atoms with Crippen molar-refractivity contribution >= 4 is 5.91 Å². The molecule has 3 atom stereocenters. The van der Waals surface area contributed by atoms with Gasteiger partial charge < -0.3 is 9.64 Å². The summed E-state index contributed by atoms with van der Waals surface area (Å²) < 4.78 is 5.93. The van der Waals surface area contributed by atoms with Crippen LogP contribution in [0, 0.1) is 5.92 Å². The van der Waals surface area contributed by atoms with E-state index in [1.807, 2.05) is 35.2 Å². The first kappa shape index (κ1) is 14.2. The third-order valence-corrected chi connectivity index (χ3v) is 4.74. The topological polar surface area (TPSA) is 42.4 Å². The molecule has 0 N–H and O–H groups in total. The summed E-state index contributed by atoms with van der Waals surface area (Å²) in [5, 5.41) is 0. The van der Waals surface area contributed by atoms with Crippen molar-refractivity contribution in [3.8, 4) is 5.75 Å². The summed E-state index contributed by atoms with van der Waals surface area (Å²) in [7, 11) is 0. The van der Waals surface area contributed by atoms with E-state index in [0.717, 1.165) is 25.1 Å². The molecule has 0 radical (unpaired) electrons. The zero-order valence-electron chi connectivity index (χ0n) is 13.0. The van der Waals surface area contributed by atoms with Gasteiger partial charge in [0.1, 0.15) is 11.9 Å². The average molecular weight is 308 g/mol. The lowest BCUT2D eigenvalue weighted by Gasteiger charge is -2.17. The van der Waals surface area contributed by atoms with Crippen molar-refractivity contribution in [1.82, 2.24) is 9.88 Å². The first-order valence-corrected chi connectivity index (χ1v) is 8.21. The zero-order chi connectivity index (χ0) is 15.6. The number of carbonyl (C=O) groups excluding carboxylic acids is 1. The first-order valence-electron chi connectivity index (χ1n) is 8.21. The Labute approximate surface area is 136 Å². The van der Waals surface area contributed by atoms with E-state index in [0.29, 0.717) is 18.4 Å². The summed E-state index contributed by atoms with van der Waals surface area (Å²) in [6, 6.07) is 14.1. The second-order valence-electron chi connectivity index (χ2n) is 6.36. The van der Waals surface area contributed by atoms with Gasteiger partial charge in [0.05, 0.1) is 6.54 Å². The van der Waals surface area contributed by atoms with Gasteiger partial charge in [-0.05, 0) is 30.0 Å². The highest BCUT2D eigenvalue weighted by molar-refractivity contribution is 5.83. The number of hydrogen-bond acceptors (Lipinski definition) is 3. The summed E-state index contributed by atoms with van der Waals surface area (Å²) in [6.45, 7) is 1.49.